The van der Waals surface area contributed by atoms with Crippen LogP contribution in [0.2, 0.25) is 0 Å². The van der Waals surface area contributed by atoms with Gasteiger partial charge in [0, 0.05) is 18.8 Å². The van der Waals surface area contributed by atoms with Crippen molar-refractivity contribution in [1.82, 2.24) is 0 Å². The second-order valence-corrected chi connectivity index (χ2v) is 5.17. The van der Waals surface area contributed by atoms with Crippen LogP contribution in [0.25, 0.3) is 0 Å². The fraction of sp³-hybridized carbons (Fsp3) is 0.778. The van der Waals surface area contributed by atoms with Crippen molar-refractivity contribution in [3.63, 3.8) is 0 Å². The molecule has 4 nitrogen and oxygen atoms in total. The largest absolute Gasteiger partial charge is 0.312 e. The van der Waals surface area contributed by atoms with Gasteiger partial charge in [0.15, 0.2) is 5.78 Å². The molecule has 0 saturated heterocycles. The maximum Gasteiger partial charge on any atom is 0.312 e. The topological polar surface area (TPSA) is 68.3 Å². The Morgan fingerprint density at radius 2 is 1.67 bits per heavy atom. The van der Waals surface area contributed by atoms with Gasteiger partial charge in [0.25, 0.3) is 0 Å². The van der Waals surface area contributed by atoms with Gasteiger partial charge in [0.05, 0.1) is 0 Å². The van der Waals surface area contributed by atoms with E-state index in [1.165, 1.54) is 6.92 Å². The molecule has 0 spiro atoms. The molecule has 0 rings (SSSR count). The molecule has 88 valence electrons. The van der Waals surface area contributed by atoms with Crippen LogP contribution in [0, 0.1) is 5.92 Å². The zero-order valence-electron chi connectivity index (χ0n) is 8.99. The highest BCUT2D eigenvalue weighted by Gasteiger charge is 2.29. The van der Waals surface area contributed by atoms with Gasteiger partial charge in [-0.25, -0.2) is 0 Å². The van der Waals surface area contributed by atoms with Crippen molar-refractivity contribution in [2.75, 3.05) is 0 Å². The lowest BCUT2D eigenvalue weighted by atomic mass is 9.97. The normalized spacial score (nSPS) is 15.7. The molecule has 0 aliphatic carbocycles. The standard InChI is InChI=1S/C9H15FO4S/c1-4-8(11)6(2)5-9(12)7(3)15(10,13)14/h6-7H,4-5H2,1-3H3. The second-order valence-electron chi connectivity index (χ2n) is 3.51. The SMILES string of the molecule is CCC(=O)C(C)CC(=O)C(C)S(=O)(=O)F. The third-order valence-electron chi connectivity index (χ3n) is 2.28. The van der Waals surface area contributed by atoms with Crippen LogP contribution in [-0.4, -0.2) is 25.2 Å². The molecule has 0 amide bonds. The third kappa shape index (κ3) is 4.51. The molecule has 15 heavy (non-hydrogen) atoms. The molecule has 0 aromatic heterocycles. The fourth-order valence-corrected chi connectivity index (χ4v) is 1.50. The Bertz CT molecular complexity index is 347. The minimum absolute atomic E-state index is 0.133. The number of halogens is 1. The lowest BCUT2D eigenvalue weighted by Gasteiger charge is -2.10. The van der Waals surface area contributed by atoms with Crippen LogP contribution in [0.15, 0.2) is 0 Å². The first-order chi connectivity index (χ1) is 6.70. The van der Waals surface area contributed by atoms with Crippen molar-refractivity contribution >= 4 is 21.8 Å². The molecule has 2 atom stereocenters. The number of Topliss-reactive ketones (excluding diaryl/α,β-unsaturated/α-hetero) is 2. The molecule has 0 aliphatic rings. The van der Waals surface area contributed by atoms with Crippen molar-refractivity contribution in [3.8, 4) is 0 Å². The number of rotatable bonds is 6. The van der Waals surface area contributed by atoms with Gasteiger partial charge in [0.2, 0.25) is 0 Å². The Labute approximate surface area is 89.1 Å². The van der Waals surface area contributed by atoms with Crippen molar-refractivity contribution in [2.24, 2.45) is 5.92 Å². The summed E-state index contributed by atoms with van der Waals surface area (Å²) >= 11 is 0. The molecule has 0 aliphatic heterocycles. The smallest absolute Gasteiger partial charge is 0.299 e. The van der Waals surface area contributed by atoms with Crippen LogP contribution in [0.5, 0.6) is 0 Å². The molecule has 0 heterocycles. The molecular formula is C9H15FO4S. The highest BCUT2D eigenvalue weighted by atomic mass is 32.3. The summed E-state index contributed by atoms with van der Waals surface area (Å²) in [5.41, 5.74) is 0. The van der Waals surface area contributed by atoms with Crippen LogP contribution in [0.1, 0.15) is 33.6 Å². The van der Waals surface area contributed by atoms with E-state index in [0.29, 0.717) is 0 Å². The molecule has 6 heteroatoms. The first-order valence-electron chi connectivity index (χ1n) is 4.69. The zero-order valence-corrected chi connectivity index (χ0v) is 9.80. The van der Waals surface area contributed by atoms with Gasteiger partial charge in [-0.2, -0.15) is 8.42 Å². The van der Waals surface area contributed by atoms with E-state index in [1.54, 1.807) is 6.92 Å². The van der Waals surface area contributed by atoms with Crippen molar-refractivity contribution in [1.29, 1.82) is 0 Å². The van der Waals surface area contributed by atoms with Gasteiger partial charge < -0.3 is 0 Å². The predicted octanol–water partition coefficient (Wildman–Crippen LogP) is 1.25. The summed E-state index contributed by atoms with van der Waals surface area (Å²) < 4.78 is 33.3. The molecule has 0 N–H and O–H groups in total. The van der Waals surface area contributed by atoms with E-state index < -0.39 is 27.2 Å². The number of ketones is 2. The predicted molar refractivity (Wildman–Crippen MR) is 53.6 cm³/mol. The summed E-state index contributed by atoms with van der Waals surface area (Å²) in [7, 11) is -4.84. The molecule has 0 fully saturated rings. The summed E-state index contributed by atoms with van der Waals surface area (Å²) in [4.78, 5) is 22.4. The van der Waals surface area contributed by atoms with E-state index in [4.69, 9.17) is 0 Å². The second kappa shape index (κ2) is 5.34. The van der Waals surface area contributed by atoms with E-state index in [9.17, 15) is 21.9 Å². The van der Waals surface area contributed by atoms with Gasteiger partial charge >= 0.3 is 10.2 Å². The molecule has 0 radical (unpaired) electrons. The Morgan fingerprint density at radius 3 is 2.00 bits per heavy atom. The first kappa shape index (κ1) is 14.2. The van der Waals surface area contributed by atoms with Crippen LogP contribution >= 0.6 is 0 Å². The summed E-state index contributed by atoms with van der Waals surface area (Å²) in [5, 5.41) is -1.68. The highest BCUT2D eigenvalue weighted by molar-refractivity contribution is 7.87. The van der Waals surface area contributed by atoms with E-state index in [2.05, 4.69) is 0 Å². The maximum absolute atomic E-state index is 12.4. The summed E-state index contributed by atoms with van der Waals surface area (Å²) in [6.07, 6.45) is 0.0577. The van der Waals surface area contributed by atoms with Gasteiger partial charge in [-0.3, -0.25) is 9.59 Å². The minimum atomic E-state index is -4.84. The average molecular weight is 238 g/mol. The fourth-order valence-electron chi connectivity index (χ4n) is 1.09. The first-order valence-corrected chi connectivity index (χ1v) is 6.13. The number of hydrogen-bond donors (Lipinski definition) is 0. The van der Waals surface area contributed by atoms with Crippen LogP contribution in [0.3, 0.4) is 0 Å². The lowest BCUT2D eigenvalue weighted by Crippen LogP contribution is -2.27. The number of carbonyl (C=O) groups excluding carboxylic acids is 2. The van der Waals surface area contributed by atoms with Crippen LogP contribution in [0.4, 0.5) is 3.89 Å². The van der Waals surface area contributed by atoms with Crippen molar-refractivity contribution in [3.05, 3.63) is 0 Å². The lowest BCUT2D eigenvalue weighted by molar-refractivity contribution is -0.127. The Kier molecular flexibility index (Phi) is 5.07. The number of hydrogen-bond acceptors (Lipinski definition) is 4. The monoisotopic (exact) mass is 238 g/mol. The number of carbonyl (C=O) groups is 2. The maximum atomic E-state index is 12.4. The van der Waals surface area contributed by atoms with Gasteiger partial charge in [-0.1, -0.05) is 13.8 Å². The highest BCUT2D eigenvalue weighted by Crippen LogP contribution is 2.13. The van der Waals surface area contributed by atoms with E-state index >= 15 is 0 Å². The molecule has 0 aromatic carbocycles. The molecule has 2 unspecified atom stereocenters. The Balaban J connectivity index is 4.45. The third-order valence-corrected chi connectivity index (χ3v) is 3.39. The molecular weight excluding hydrogens is 223 g/mol. The van der Waals surface area contributed by atoms with Crippen LogP contribution < -0.4 is 0 Å². The van der Waals surface area contributed by atoms with E-state index in [-0.39, 0.29) is 18.6 Å². The quantitative estimate of drug-likeness (QED) is 0.653. The van der Waals surface area contributed by atoms with Crippen molar-refractivity contribution < 1.29 is 21.9 Å². The molecule has 0 saturated carbocycles. The molecule has 0 bridgehead atoms. The van der Waals surface area contributed by atoms with Crippen molar-refractivity contribution in [2.45, 2.75) is 38.9 Å². The summed E-state index contributed by atoms with van der Waals surface area (Å²) in [6, 6.07) is 0. The van der Waals surface area contributed by atoms with Gasteiger partial charge in [0.1, 0.15) is 11.0 Å². The molecule has 0 aromatic rings. The minimum Gasteiger partial charge on any atom is -0.299 e. The van der Waals surface area contributed by atoms with Gasteiger partial charge in [-0.15, -0.1) is 3.89 Å². The zero-order chi connectivity index (χ0) is 12.2. The van der Waals surface area contributed by atoms with E-state index in [0.717, 1.165) is 6.92 Å². The summed E-state index contributed by atoms with van der Waals surface area (Å²) in [6.45, 7) is 4.17. The Morgan fingerprint density at radius 1 is 1.20 bits per heavy atom. The van der Waals surface area contributed by atoms with Gasteiger partial charge in [-0.05, 0) is 6.92 Å². The summed E-state index contributed by atoms with van der Waals surface area (Å²) in [5.74, 6) is -1.44. The average Bonchev–Trinajstić information content (AvgIpc) is 2.13. The van der Waals surface area contributed by atoms with E-state index in [1.807, 2.05) is 0 Å². The van der Waals surface area contributed by atoms with Crippen LogP contribution in [-0.2, 0) is 19.8 Å². The Hall–Kier alpha value is -0.780.